The molecule has 3 rings (SSSR count). The summed E-state index contributed by atoms with van der Waals surface area (Å²) in [5.41, 5.74) is -0.985. The number of fused-ring (bicyclic) bond motifs is 1. The smallest absolute Gasteiger partial charge is 0.277 e. The summed E-state index contributed by atoms with van der Waals surface area (Å²) in [4.78, 5) is 21.1. The molecule has 3 aromatic rings. The molecule has 0 aliphatic rings. The van der Waals surface area contributed by atoms with Crippen LogP contribution in [0, 0.1) is 6.92 Å². The summed E-state index contributed by atoms with van der Waals surface area (Å²) in [7, 11) is -4.95. The Balaban J connectivity index is 1.74. The molecule has 0 saturated heterocycles. The first-order chi connectivity index (χ1) is 15.2. The maximum atomic E-state index is 13.0. The SMILES string of the molecule is Cc1csc2ncnc(SCC(=O)NNS(=O)(=O)c3cc(C(F)(F)F)cc(C(F)(F)F)c3)c12. The molecule has 16 heteroatoms. The highest BCUT2D eigenvalue weighted by atomic mass is 32.2. The number of thioether (sulfide) groups is 1. The average Bonchev–Trinajstić information content (AvgIpc) is 3.11. The molecule has 33 heavy (non-hydrogen) atoms. The van der Waals surface area contributed by atoms with Gasteiger partial charge in [-0.05, 0) is 36.1 Å². The number of aromatic nitrogens is 2. The zero-order valence-electron chi connectivity index (χ0n) is 16.2. The van der Waals surface area contributed by atoms with Crippen LogP contribution >= 0.6 is 23.1 Å². The largest absolute Gasteiger partial charge is 0.416 e. The summed E-state index contributed by atoms with van der Waals surface area (Å²) >= 11 is 2.31. The van der Waals surface area contributed by atoms with Crippen LogP contribution in [0.1, 0.15) is 16.7 Å². The summed E-state index contributed by atoms with van der Waals surface area (Å²) in [6, 6.07) is -0.131. The Labute approximate surface area is 190 Å². The number of aryl methyl sites for hydroxylation is 1. The molecule has 0 atom stereocenters. The lowest BCUT2D eigenvalue weighted by Crippen LogP contribution is -2.42. The van der Waals surface area contributed by atoms with Crippen molar-refractivity contribution in [3.05, 3.63) is 46.6 Å². The fourth-order valence-electron chi connectivity index (χ4n) is 2.53. The maximum Gasteiger partial charge on any atom is 0.416 e. The first-order valence-electron chi connectivity index (χ1n) is 8.60. The van der Waals surface area contributed by atoms with Gasteiger partial charge in [0.15, 0.2) is 0 Å². The van der Waals surface area contributed by atoms with E-state index in [1.807, 2.05) is 12.3 Å². The van der Waals surface area contributed by atoms with E-state index in [0.29, 0.717) is 15.2 Å². The first-order valence-corrected chi connectivity index (χ1v) is 11.9. The second-order valence-corrected chi connectivity index (χ2v) is 9.97. The van der Waals surface area contributed by atoms with Crippen LogP contribution < -0.4 is 10.3 Å². The Bertz CT molecular complexity index is 1270. The second kappa shape index (κ2) is 9.08. The highest BCUT2D eigenvalue weighted by Crippen LogP contribution is 2.37. The lowest BCUT2D eigenvalue weighted by molar-refractivity contribution is -0.143. The number of sulfonamides is 1. The van der Waals surface area contributed by atoms with Gasteiger partial charge in [0, 0.05) is 5.39 Å². The molecular formula is C17H12F6N4O3S3. The summed E-state index contributed by atoms with van der Waals surface area (Å²) in [5.74, 6) is -1.26. The fraction of sp³-hybridized carbons (Fsp3) is 0.235. The second-order valence-electron chi connectivity index (χ2n) is 6.46. The number of thiophene rings is 1. The van der Waals surface area contributed by atoms with Crippen LogP contribution in [0.5, 0.6) is 0 Å². The van der Waals surface area contributed by atoms with Gasteiger partial charge in [-0.3, -0.25) is 10.2 Å². The summed E-state index contributed by atoms with van der Waals surface area (Å²) in [6.45, 7) is 1.81. The van der Waals surface area contributed by atoms with Crippen molar-refractivity contribution >= 4 is 49.2 Å². The number of halogens is 6. The van der Waals surface area contributed by atoms with Gasteiger partial charge in [0.2, 0.25) is 5.91 Å². The third kappa shape index (κ3) is 5.93. The highest BCUT2D eigenvalue weighted by molar-refractivity contribution is 8.00. The zero-order valence-corrected chi connectivity index (χ0v) is 18.7. The number of carbonyl (C=O) groups excluding carboxylic acids is 1. The van der Waals surface area contributed by atoms with Crippen LogP contribution in [0.3, 0.4) is 0 Å². The first kappa shape index (κ1) is 25.2. The molecule has 0 aliphatic carbocycles. The van der Waals surface area contributed by atoms with E-state index in [1.165, 1.54) is 22.5 Å². The van der Waals surface area contributed by atoms with Crippen molar-refractivity contribution in [1.29, 1.82) is 0 Å². The minimum Gasteiger partial charge on any atom is -0.277 e. The minimum atomic E-state index is -5.23. The van der Waals surface area contributed by atoms with Crippen molar-refractivity contribution in [1.82, 2.24) is 20.2 Å². The molecule has 2 N–H and O–H groups in total. The lowest BCUT2D eigenvalue weighted by atomic mass is 10.1. The molecule has 0 fully saturated rings. The van der Waals surface area contributed by atoms with Gasteiger partial charge in [-0.15, -0.1) is 16.2 Å². The van der Waals surface area contributed by atoms with E-state index in [9.17, 15) is 39.6 Å². The number of alkyl halides is 6. The summed E-state index contributed by atoms with van der Waals surface area (Å²) in [5, 5.41) is 3.00. The van der Waals surface area contributed by atoms with Crippen LogP contribution in [0.4, 0.5) is 26.3 Å². The predicted molar refractivity (Wildman–Crippen MR) is 108 cm³/mol. The molecule has 0 bridgehead atoms. The Morgan fingerprint density at radius 2 is 1.67 bits per heavy atom. The van der Waals surface area contributed by atoms with Gasteiger partial charge < -0.3 is 0 Å². The van der Waals surface area contributed by atoms with E-state index >= 15 is 0 Å². The van der Waals surface area contributed by atoms with E-state index in [4.69, 9.17) is 0 Å². The highest BCUT2D eigenvalue weighted by Gasteiger charge is 2.38. The fourth-order valence-corrected chi connectivity index (χ4v) is 5.28. The van der Waals surface area contributed by atoms with Gasteiger partial charge in [-0.25, -0.2) is 18.4 Å². The number of nitrogens with zero attached hydrogens (tertiary/aromatic N) is 2. The molecule has 0 radical (unpaired) electrons. The van der Waals surface area contributed by atoms with Gasteiger partial charge in [-0.1, -0.05) is 11.8 Å². The van der Waals surface area contributed by atoms with Crippen LogP contribution in [-0.2, 0) is 27.2 Å². The standard InChI is InChI=1S/C17H12F6N4O3S3/c1-8-5-31-14-13(8)15(25-7-24-14)32-6-12(28)26-27-33(29,30)11-3-9(16(18,19)20)2-10(4-11)17(21,22)23/h2-5,7,27H,6H2,1H3,(H,26,28). The van der Waals surface area contributed by atoms with Crippen molar-refractivity contribution in [3.8, 4) is 0 Å². The van der Waals surface area contributed by atoms with E-state index in [2.05, 4.69) is 9.97 Å². The van der Waals surface area contributed by atoms with Gasteiger partial charge in [0.25, 0.3) is 10.0 Å². The van der Waals surface area contributed by atoms with Gasteiger partial charge in [0.05, 0.1) is 21.8 Å². The number of hydrogen-bond donors (Lipinski definition) is 2. The molecule has 178 valence electrons. The Hall–Kier alpha value is -2.43. The molecule has 1 aromatic carbocycles. The zero-order chi connectivity index (χ0) is 24.6. The Kier molecular flexibility index (Phi) is 6.93. The number of hydrogen-bond acceptors (Lipinski definition) is 7. The van der Waals surface area contributed by atoms with Crippen LogP contribution in [0.2, 0.25) is 0 Å². The normalized spacial score (nSPS) is 12.8. The average molecular weight is 530 g/mol. The van der Waals surface area contributed by atoms with Gasteiger partial charge in [0.1, 0.15) is 16.2 Å². The Morgan fingerprint density at radius 3 is 2.24 bits per heavy atom. The van der Waals surface area contributed by atoms with Crippen molar-refractivity contribution < 1.29 is 39.6 Å². The number of hydrazine groups is 1. The third-order valence-electron chi connectivity index (χ3n) is 4.06. The number of rotatable bonds is 6. The maximum absolute atomic E-state index is 13.0. The summed E-state index contributed by atoms with van der Waals surface area (Å²) in [6.07, 6.45) is -9.17. The number of nitrogens with one attached hydrogen (secondary N) is 2. The Morgan fingerprint density at radius 1 is 1.06 bits per heavy atom. The van der Waals surface area contributed by atoms with E-state index in [0.717, 1.165) is 17.3 Å². The molecule has 0 unspecified atom stereocenters. The van der Waals surface area contributed by atoms with Gasteiger partial charge >= 0.3 is 12.4 Å². The molecule has 2 heterocycles. The predicted octanol–water partition coefficient (Wildman–Crippen LogP) is 4.14. The van der Waals surface area contributed by atoms with Crippen molar-refractivity contribution in [2.24, 2.45) is 0 Å². The molecule has 7 nitrogen and oxygen atoms in total. The minimum absolute atomic E-state index is 0.0372. The molecule has 0 saturated carbocycles. The monoisotopic (exact) mass is 530 g/mol. The van der Waals surface area contributed by atoms with Crippen molar-refractivity contribution in [3.63, 3.8) is 0 Å². The lowest BCUT2D eigenvalue weighted by Gasteiger charge is -2.15. The van der Waals surface area contributed by atoms with Crippen molar-refractivity contribution in [2.75, 3.05) is 5.75 Å². The molecular weight excluding hydrogens is 518 g/mol. The van der Waals surface area contributed by atoms with Crippen molar-refractivity contribution in [2.45, 2.75) is 29.2 Å². The van der Waals surface area contributed by atoms with Crippen LogP contribution in [0.25, 0.3) is 10.2 Å². The quantitative estimate of drug-likeness (QED) is 0.215. The molecule has 0 aliphatic heterocycles. The summed E-state index contributed by atoms with van der Waals surface area (Å²) < 4.78 is 102. The van der Waals surface area contributed by atoms with E-state index in [1.54, 1.807) is 5.43 Å². The molecule has 2 aromatic heterocycles. The number of carbonyl (C=O) groups is 1. The number of benzene rings is 1. The number of amides is 1. The topological polar surface area (TPSA) is 101 Å². The molecule has 0 spiro atoms. The van der Waals surface area contributed by atoms with E-state index in [-0.39, 0.29) is 24.0 Å². The van der Waals surface area contributed by atoms with Gasteiger partial charge in [-0.2, -0.15) is 26.3 Å². The van der Waals surface area contributed by atoms with Crippen LogP contribution in [-0.4, -0.2) is 30.0 Å². The van der Waals surface area contributed by atoms with E-state index < -0.39 is 44.3 Å². The molecule has 1 amide bonds. The van der Waals surface area contributed by atoms with Crippen LogP contribution in [0.15, 0.2) is 39.8 Å². The third-order valence-corrected chi connectivity index (χ3v) is 7.28.